The molecule has 0 amide bonds. The average molecular weight is 334 g/mol. The van der Waals surface area contributed by atoms with Gasteiger partial charge in [0.1, 0.15) is 5.82 Å². The second-order valence-corrected chi connectivity index (χ2v) is 6.56. The molecular formula is C16H20BrN3. The standard InChI is InChI=1S/C16H20BrN3/c17-14-8-6-13(7-9-14)15-10-16(18)20(19-15)11-12-4-2-1-3-5-12/h6-10,12H,1-5,11,18H2. The highest BCUT2D eigenvalue weighted by atomic mass is 79.9. The Kier molecular flexibility index (Phi) is 4.10. The van der Waals surface area contributed by atoms with Crippen LogP contribution in [0.1, 0.15) is 32.1 Å². The normalized spacial score (nSPS) is 16.4. The fourth-order valence-corrected chi connectivity index (χ4v) is 3.22. The molecule has 1 fully saturated rings. The molecule has 1 aromatic heterocycles. The van der Waals surface area contributed by atoms with E-state index in [0.29, 0.717) is 0 Å². The number of hydrogen-bond acceptors (Lipinski definition) is 2. The van der Waals surface area contributed by atoms with Gasteiger partial charge in [0.25, 0.3) is 0 Å². The van der Waals surface area contributed by atoms with Crippen LogP contribution in [0.2, 0.25) is 0 Å². The Bertz CT molecular complexity index is 568. The summed E-state index contributed by atoms with van der Waals surface area (Å²) in [4.78, 5) is 0. The molecule has 1 aromatic carbocycles. The molecule has 3 rings (SSSR count). The summed E-state index contributed by atoms with van der Waals surface area (Å²) in [6.07, 6.45) is 6.71. The number of rotatable bonds is 3. The van der Waals surface area contributed by atoms with E-state index in [1.54, 1.807) is 0 Å². The van der Waals surface area contributed by atoms with Crippen molar-refractivity contribution in [1.82, 2.24) is 9.78 Å². The fourth-order valence-electron chi connectivity index (χ4n) is 2.95. The SMILES string of the molecule is Nc1cc(-c2ccc(Br)cc2)nn1CC1CCCCC1. The van der Waals surface area contributed by atoms with Crippen LogP contribution in [-0.4, -0.2) is 9.78 Å². The van der Waals surface area contributed by atoms with Gasteiger partial charge in [-0.05, 0) is 30.9 Å². The van der Waals surface area contributed by atoms with Gasteiger partial charge in [-0.3, -0.25) is 0 Å². The van der Waals surface area contributed by atoms with E-state index in [2.05, 4.69) is 33.2 Å². The average Bonchev–Trinajstić information content (AvgIpc) is 2.82. The zero-order valence-electron chi connectivity index (χ0n) is 11.6. The van der Waals surface area contributed by atoms with E-state index < -0.39 is 0 Å². The van der Waals surface area contributed by atoms with Crippen LogP contribution in [0.3, 0.4) is 0 Å². The minimum absolute atomic E-state index is 0.740. The van der Waals surface area contributed by atoms with Crippen molar-refractivity contribution < 1.29 is 0 Å². The Morgan fingerprint density at radius 1 is 1.15 bits per heavy atom. The van der Waals surface area contributed by atoms with Gasteiger partial charge in [-0.1, -0.05) is 47.3 Å². The van der Waals surface area contributed by atoms with Gasteiger partial charge in [0.2, 0.25) is 0 Å². The number of anilines is 1. The maximum absolute atomic E-state index is 6.12. The van der Waals surface area contributed by atoms with Crippen LogP contribution < -0.4 is 5.73 Å². The molecule has 0 saturated heterocycles. The first-order chi connectivity index (χ1) is 9.72. The summed E-state index contributed by atoms with van der Waals surface area (Å²) in [5.74, 6) is 1.51. The second-order valence-electron chi connectivity index (χ2n) is 5.65. The lowest BCUT2D eigenvalue weighted by atomic mass is 9.89. The summed E-state index contributed by atoms with van der Waals surface area (Å²) in [7, 11) is 0. The molecule has 0 radical (unpaired) electrons. The summed E-state index contributed by atoms with van der Waals surface area (Å²) in [5, 5.41) is 4.68. The molecule has 1 heterocycles. The Labute approximate surface area is 128 Å². The minimum Gasteiger partial charge on any atom is -0.384 e. The number of nitrogens with zero attached hydrogens (tertiary/aromatic N) is 2. The lowest BCUT2D eigenvalue weighted by Crippen LogP contribution is -2.16. The van der Waals surface area contributed by atoms with Crippen molar-refractivity contribution in [2.24, 2.45) is 5.92 Å². The molecule has 0 spiro atoms. The van der Waals surface area contributed by atoms with Crippen LogP contribution in [0.25, 0.3) is 11.3 Å². The fraction of sp³-hybridized carbons (Fsp3) is 0.438. The number of nitrogen functional groups attached to an aromatic ring is 1. The monoisotopic (exact) mass is 333 g/mol. The zero-order chi connectivity index (χ0) is 13.9. The van der Waals surface area contributed by atoms with Gasteiger partial charge in [-0.2, -0.15) is 5.10 Å². The number of halogens is 1. The summed E-state index contributed by atoms with van der Waals surface area (Å²) >= 11 is 3.45. The van der Waals surface area contributed by atoms with Crippen LogP contribution >= 0.6 is 15.9 Å². The molecule has 2 aromatic rings. The van der Waals surface area contributed by atoms with Crippen molar-refractivity contribution in [3.8, 4) is 11.3 Å². The van der Waals surface area contributed by atoms with Gasteiger partial charge in [-0.15, -0.1) is 0 Å². The third-order valence-electron chi connectivity index (χ3n) is 4.11. The van der Waals surface area contributed by atoms with Crippen molar-refractivity contribution in [3.05, 3.63) is 34.8 Å². The zero-order valence-corrected chi connectivity index (χ0v) is 13.1. The molecule has 20 heavy (non-hydrogen) atoms. The van der Waals surface area contributed by atoms with Gasteiger partial charge < -0.3 is 5.73 Å². The lowest BCUT2D eigenvalue weighted by Gasteiger charge is -2.21. The van der Waals surface area contributed by atoms with Gasteiger partial charge in [0, 0.05) is 22.6 Å². The summed E-state index contributed by atoms with van der Waals surface area (Å²) in [5.41, 5.74) is 8.19. The molecule has 0 aliphatic heterocycles. The van der Waals surface area contributed by atoms with Gasteiger partial charge in [-0.25, -0.2) is 4.68 Å². The molecule has 0 atom stereocenters. The number of nitrogens with two attached hydrogens (primary N) is 1. The maximum atomic E-state index is 6.12. The lowest BCUT2D eigenvalue weighted by molar-refractivity contribution is 0.310. The highest BCUT2D eigenvalue weighted by Crippen LogP contribution is 2.27. The molecule has 1 aliphatic carbocycles. The third kappa shape index (κ3) is 3.06. The summed E-state index contributed by atoms with van der Waals surface area (Å²) in [6.45, 7) is 0.961. The largest absolute Gasteiger partial charge is 0.384 e. The highest BCUT2D eigenvalue weighted by Gasteiger charge is 2.16. The van der Waals surface area contributed by atoms with Crippen molar-refractivity contribution in [1.29, 1.82) is 0 Å². The van der Waals surface area contributed by atoms with E-state index in [1.165, 1.54) is 32.1 Å². The molecule has 1 saturated carbocycles. The van der Waals surface area contributed by atoms with E-state index >= 15 is 0 Å². The van der Waals surface area contributed by atoms with Crippen LogP contribution in [0, 0.1) is 5.92 Å². The van der Waals surface area contributed by atoms with Crippen molar-refractivity contribution in [2.75, 3.05) is 5.73 Å². The van der Waals surface area contributed by atoms with Crippen molar-refractivity contribution in [2.45, 2.75) is 38.6 Å². The third-order valence-corrected chi connectivity index (χ3v) is 4.64. The Morgan fingerprint density at radius 3 is 2.55 bits per heavy atom. The van der Waals surface area contributed by atoms with Gasteiger partial charge in [0.15, 0.2) is 0 Å². The second kappa shape index (κ2) is 6.00. The Hall–Kier alpha value is -1.29. The van der Waals surface area contributed by atoms with E-state index in [9.17, 15) is 0 Å². The molecule has 0 bridgehead atoms. The summed E-state index contributed by atoms with van der Waals surface area (Å²) < 4.78 is 3.06. The summed E-state index contributed by atoms with van der Waals surface area (Å²) in [6, 6.07) is 10.2. The minimum atomic E-state index is 0.740. The molecule has 106 valence electrons. The molecule has 4 heteroatoms. The Morgan fingerprint density at radius 2 is 1.85 bits per heavy atom. The predicted molar refractivity (Wildman–Crippen MR) is 86.4 cm³/mol. The van der Waals surface area contributed by atoms with E-state index in [1.807, 2.05) is 22.9 Å². The van der Waals surface area contributed by atoms with Crippen LogP contribution in [0.4, 0.5) is 5.82 Å². The number of aromatic nitrogens is 2. The highest BCUT2D eigenvalue weighted by molar-refractivity contribution is 9.10. The smallest absolute Gasteiger partial charge is 0.122 e. The molecule has 0 unspecified atom stereocenters. The molecule has 3 nitrogen and oxygen atoms in total. The molecule has 1 aliphatic rings. The van der Waals surface area contributed by atoms with E-state index in [0.717, 1.165) is 34.0 Å². The molecular weight excluding hydrogens is 314 g/mol. The predicted octanol–water partition coefficient (Wildman–Crippen LogP) is 4.48. The first kappa shape index (κ1) is 13.7. The van der Waals surface area contributed by atoms with Crippen molar-refractivity contribution >= 4 is 21.7 Å². The van der Waals surface area contributed by atoms with Gasteiger partial charge >= 0.3 is 0 Å². The Balaban J connectivity index is 1.78. The molecule has 2 N–H and O–H groups in total. The number of hydrogen-bond donors (Lipinski definition) is 1. The van der Waals surface area contributed by atoms with Crippen molar-refractivity contribution in [3.63, 3.8) is 0 Å². The first-order valence-corrected chi connectivity index (χ1v) is 8.11. The van der Waals surface area contributed by atoms with E-state index in [-0.39, 0.29) is 0 Å². The van der Waals surface area contributed by atoms with Gasteiger partial charge in [0.05, 0.1) is 5.69 Å². The first-order valence-electron chi connectivity index (χ1n) is 7.31. The number of benzene rings is 1. The maximum Gasteiger partial charge on any atom is 0.122 e. The van der Waals surface area contributed by atoms with Crippen LogP contribution in [0.15, 0.2) is 34.8 Å². The van der Waals surface area contributed by atoms with Crippen LogP contribution in [-0.2, 0) is 6.54 Å². The van der Waals surface area contributed by atoms with E-state index in [4.69, 9.17) is 5.73 Å². The quantitative estimate of drug-likeness (QED) is 0.900. The van der Waals surface area contributed by atoms with Crippen LogP contribution in [0.5, 0.6) is 0 Å². The topological polar surface area (TPSA) is 43.8 Å².